The van der Waals surface area contributed by atoms with Crippen molar-refractivity contribution in [1.29, 1.82) is 10.5 Å². The number of oxazole rings is 2. The van der Waals surface area contributed by atoms with Crippen LogP contribution >= 0.6 is 15.9 Å². The molecule has 0 aliphatic carbocycles. The van der Waals surface area contributed by atoms with E-state index in [1.54, 1.807) is 12.1 Å². The summed E-state index contributed by atoms with van der Waals surface area (Å²) in [6.45, 7) is 11.0. The lowest BCUT2D eigenvalue weighted by molar-refractivity contribution is 0.150. The summed E-state index contributed by atoms with van der Waals surface area (Å²) in [7, 11) is 0. The number of carbonyl (C=O) groups is 1. The Bertz CT molecular complexity index is 2370. The van der Waals surface area contributed by atoms with Crippen molar-refractivity contribution in [2.45, 2.75) is 46.5 Å². The molecule has 50 heavy (non-hydrogen) atoms. The smallest absolute Gasteiger partial charge is 0.407 e. The van der Waals surface area contributed by atoms with E-state index < -0.39 is 6.09 Å². The molecule has 0 saturated heterocycles. The molecule has 0 spiro atoms. The van der Waals surface area contributed by atoms with Gasteiger partial charge in [-0.3, -0.25) is 0 Å². The summed E-state index contributed by atoms with van der Waals surface area (Å²) in [6.07, 6.45) is 1.77. The van der Waals surface area contributed by atoms with Crippen molar-refractivity contribution in [3.05, 3.63) is 111 Å². The fraction of sp³-hybridized carbons (Fsp3) is 0.225. The number of aromatic nitrogens is 2. The summed E-state index contributed by atoms with van der Waals surface area (Å²) >= 11 is 3.43. The molecule has 1 aliphatic rings. The maximum atomic E-state index is 11.0. The van der Waals surface area contributed by atoms with E-state index in [1.807, 2.05) is 74.5 Å². The van der Waals surface area contributed by atoms with Crippen molar-refractivity contribution < 1.29 is 18.7 Å². The van der Waals surface area contributed by atoms with Crippen LogP contribution in [0, 0.1) is 36.5 Å². The molecule has 10 heteroatoms. The SMILES string of the molecule is Cc1cc(C#N)c(C(C)(C)C)c2nc(-c3ccc(Br)cc3)oc12.Cc1cc(C#N)cc2nc(-c3ccc(C4=CCN(C(=O)O)CC4)cc3)oc12. The molecule has 0 atom stereocenters. The van der Waals surface area contributed by atoms with Crippen LogP contribution in [0.3, 0.4) is 0 Å². The number of rotatable bonds is 3. The maximum Gasteiger partial charge on any atom is 0.407 e. The largest absolute Gasteiger partial charge is 0.465 e. The lowest BCUT2D eigenvalue weighted by Gasteiger charge is -2.23. The molecule has 2 aromatic heterocycles. The predicted molar refractivity (Wildman–Crippen MR) is 196 cm³/mol. The Kier molecular flexibility index (Phi) is 9.33. The molecule has 6 aromatic rings. The second kappa shape index (κ2) is 13.7. The van der Waals surface area contributed by atoms with E-state index in [0.29, 0.717) is 53.5 Å². The number of carboxylic acid groups (broad SMARTS) is 1. The van der Waals surface area contributed by atoms with Crippen molar-refractivity contribution in [2.75, 3.05) is 13.1 Å². The number of nitriles is 2. The molecule has 250 valence electrons. The number of hydrogen-bond acceptors (Lipinski definition) is 7. The minimum absolute atomic E-state index is 0.190. The van der Waals surface area contributed by atoms with Crippen LogP contribution in [-0.2, 0) is 5.41 Å². The Labute approximate surface area is 298 Å². The second-order valence-corrected chi connectivity index (χ2v) is 14.2. The summed E-state index contributed by atoms with van der Waals surface area (Å²) in [4.78, 5) is 21.6. The van der Waals surface area contributed by atoms with E-state index in [9.17, 15) is 10.1 Å². The van der Waals surface area contributed by atoms with Gasteiger partial charge in [-0.15, -0.1) is 0 Å². The molecular formula is C40H34BrN5O4. The number of fused-ring (bicyclic) bond motifs is 2. The molecule has 0 saturated carbocycles. The Balaban J connectivity index is 0.000000175. The van der Waals surface area contributed by atoms with Crippen LogP contribution in [0.5, 0.6) is 0 Å². The zero-order valence-corrected chi connectivity index (χ0v) is 29.9. The van der Waals surface area contributed by atoms with Crippen molar-refractivity contribution in [3.63, 3.8) is 0 Å². The molecule has 0 unspecified atom stereocenters. The molecule has 1 N–H and O–H groups in total. The Morgan fingerprint density at radius 3 is 2.04 bits per heavy atom. The average Bonchev–Trinajstić information content (AvgIpc) is 3.74. The van der Waals surface area contributed by atoms with Gasteiger partial charge in [0.15, 0.2) is 11.2 Å². The molecule has 0 bridgehead atoms. The third kappa shape index (κ3) is 6.89. The number of nitrogens with zero attached hydrogens (tertiary/aromatic N) is 5. The number of aryl methyl sites for hydroxylation is 2. The minimum Gasteiger partial charge on any atom is -0.465 e. The fourth-order valence-electron chi connectivity index (χ4n) is 6.12. The van der Waals surface area contributed by atoms with E-state index in [2.05, 4.69) is 53.8 Å². The van der Waals surface area contributed by atoms with Gasteiger partial charge in [-0.2, -0.15) is 10.5 Å². The van der Waals surface area contributed by atoms with Crippen LogP contribution in [0.15, 0.2) is 86.1 Å². The van der Waals surface area contributed by atoms with Gasteiger partial charge in [0, 0.05) is 34.3 Å². The number of halogens is 1. The van der Waals surface area contributed by atoms with Crippen LogP contribution < -0.4 is 0 Å². The standard InChI is InChI=1S/C21H17N3O3.C19H17BrN2O/c1-13-10-14(12-22)11-18-19(13)27-20(23-18)17-4-2-15(3-5-17)16-6-8-24(9-7-16)21(25)26;1-11-9-13(10-21)15(19(2,3)4)16-17(11)23-18(22-16)12-5-7-14(20)8-6-12/h2-6,10-11H,7-9H2,1H3,(H,25,26);5-9H,1-4H3. The van der Waals surface area contributed by atoms with Gasteiger partial charge in [-0.05, 0) is 103 Å². The number of amides is 1. The average molecular weight is 729 g/mol. The fourth-order valence-corrected chi connectivity index (χ4v) is 6.39. The van der Waals surface area contributed by atoms with Crippen molar-refractivity contribution in [1.82, 2.24) is 14.9 Å². The Hall–Kier alpha value is -5.71. The van der Waals surface area contributed by atoms with Gasteiger partial charge in [0.25, 0.3) is 0 Å². The quantitative estimate of drug-likeness (QED) is 0.190. The van der Waals surface area contributed by atoms with Crippen LogP contribution in [0.2, 0.25) is 0 Å². The van der Waals surface area contributed by atoms with Gasteiger partial charge in [-0.1, -0.05) is 54.9 Å². The van der Waals surface area contributed by atoms with Gasteiger partial charge in [0.2, 0.25) is 11.8 Å². The van der Waals surface area contributed by atoms with Crippen LogP contribution in [0.4, 0.5) is 4.79 Å². The topological polar surface area (TPSA) is 140 Å². The molecule has 9 nitrogen and oxygen atoms in total. The molecule has 0 fully saturated rings. The van der Waals surface area contributed by atoms with E-state index in [0.717, 1.165) is 54.5 Å². The second-order valence-electron chi connectivity index (χ2n) is 13.2. The molecular weight excluding hydrogens is 694 g/mol. The van der Waals surface area contributed by atoms with E-state index in [1.165, 1.54) is 4.90 Å². The van der Waals surface area contributed by atoms with Gasteiger partial charge >= 0.3 is 6.09 Å². The van der Waals surface area contributed by atoms with Crippen molar-refractivity contribution in [3.8, 4) is 35.0 Å². The van der Waals surface area contributed by atoms with Crippen molar-refractivity contribution in [2.24, 2.45) is 0 Å². The third-order valence-corrected chi connectivity index (χ3v) is 9.13. The van der Waals surface area contributed by atoms with Gasteiger partial charge in [0.05, 0.1) is 23.3 Å². The highest BCUT2D eigenvalue weighted by Crippen LogP contribution is 2.37. The highest BCUT2D eigenvalue weighted by Gasteiger charge is 2.26. The molecule has 1 aliphatic heterocycles. The Morgan fingerprint density at radius 2 is 1.46 bits per heavy atom. The minimum atomic E-state index is -0.883. The summed E-state index contributed by atoms with van der Waals surface area (Å²) in [5.41, 5.74) is 10.7. The first-order chi connectivity index (χ1) is 23.9. The van der Waals surface area contributed by atoms with Crippen molar-refractivity contribution >= 4 is 49.8 Å². The van der Waals surface area contributed by atoms with Gasteiger partial charge < -0.3 is 18.8 Å². The lowest BCUT2D eigenvalue weighted by atomic mass is 9.82. The molecule has 4 aromatic carbocycles. The molecule has 1 amide bonds. The maximum absolute atomic E-state index is 11.0. The third-order valence-electron chi connectivity index (χ3n) is 8.60. The predicted octanol–water partition coefficient (Wildman–Crippen LogP) is 10.2. The van der Waals surface area contributed by atoms with Gasteiger partial charge in [-0.25, -0.2) is 14.8 Å². The van der Waals surface area contributed by atoms with Crippen LogP contribution in [0.25, 0.3) is 50.7 Å². The molecule has 3 heterocycles. The zero-order chi connectivity index (χ0) is 35.7. The molecule has 7 rings (SSSR count). The number of hydrogen-bond donors (Lipinski definition) is 1. The summed E-state index contributed by atoms with van der Waals surface area (Å²) < 4.78 is 12.9. The highest BCUT2D eigenvalue weighted by molar-refractivity contribution is 9.10. The first-order valence-electron chi connectivity index (χ1n) is 16.1. The first kappa shape index (κ1) is 34.2. The van der Waals surface area contributed by atoms with E-state index in [4.69, 9.17) is 24.2 Å². The van der Waals surface area contributed by atoms with Crippen LogP contribution in [0.1, 0.15) is 60.6 Å². The Morgan fingerprint density at radius 1 is 0.860 bits per heavy atom. The zero-order valence-electron chi connectivity index (χ0n) is 28.3. The summed E-state index contributed by atoms with van der Waals surface area (Å²) in [6, 6.07) is 25.6. The summed E-state index contributed by atoms with van der Waals surface area (Å²) in [5.74, 6) is 1.10. The lowest BCUT2D eigenvalue weighted by Crippen LogP contribution is -2.33. The van der Waals surface area contributed by atoms with Gasteiger partial charge in [0.1, 0.15) is 11.0 Å². The molecule has 0 radical (unpaired) electrons. The van der Waals surface area contributed by atoms with Crippen LogP contribution in [-0.4, -0.2) is 39.2 Å². The van der Waals surface area contributed by atoms with E-state index in [-0.39, 0.29) is 5.41 Å². The summed E-state index contributed by atoms with van der Waals surface area (Å²) in [5, 5.41) is 27.6. The normalized spacial score (nSPS) is 13.0. The first-order valence-corrected chi connectivity index (χ1v) is 16.8. The van der Waals surface area contributed by atoms with E-state index >= 15 is 0 Å². The monoisotopic (exact) mass is 727 g/mol. The number of benzene rings is 4. The highest BCUT2D eigenvalue weighted by atomic mass is 79.9.